The van der Waals surface area contributed by atoms with Crippen molar-refractivity contribution in [2.24, 2.45) is 0 Å². The number of aliphatic hydroxyl groups is 1. The van der Waals surface area contributed by atoms with Crippen LogP contribution in [0.15, 0.2) is 30.5 Å². The molecule has 2 aromatic heterocycles. The largest absolute Gasteiger partial charge is 0.389 e. The van der Waals surface area contributed by atoms with Crippen molar-refractivity contribution in [3.63, 3.8) is 0 Å². The summed E-state index contributed by atoms with van der Waals surface area (Å²) in [5, 5.41) is 9.33. The van der Waals surface area contributed by atoms with Crippen LogP contribution in [0, 0.1) is 13.8 Å². The number of β-amino-alcohol motifs (C(OH)–C–C–N with tert-alkyl or cyclic N) is 1. The molecule has 5 nitrogen and oxygen atoms in total. The summed E-state index contributed by atoms with van der Waals surface area (Å²) in [6, 6.07) is 7.75. The molecule has 0 spiro atoms. The Morgan fingerprint density at radius 1 is 1.38 bits per heavy atom. The molecule has 3 rings (SSSR count). The SMILES string of the molecule is Cc1cc(C(=O)N2CC(O)C2)c(C)n1Cc1ccccn1. The molecule has 0 aliphatic carbocycles. The Hall–Kier alpha value is -2.14. The summed E-state index contributed by atoms with van der Waals surface area (Å²) in [6.07, 6.45) is 1.41. The molecule has 21 heavy (non-hydrogen) atoms. The molecular weight excluding hydrogens is 266 g/mol. The molecule has 1 amide bonds. The molecule has 0 bridgehead atoms. The zero-order valence-corrected chi connectivity index (χ0v) is 12.3. The van der Waals surface area contributed by atoms with Crippen LogP contribution in [0.4, 0.5) is 0 Å². The molecule has 1 aliphatic rings. The molecular formula is C16H19N3O2. The van der Waals surface area contributed by atoms with Crippen molar-refractivity contribution in [1.29, 1.82) is 0 Å². The van der Waals surface area contributed by atoms with E-state index in [0.717, 1.165) is 22.6 Å². The second-order valence-electron chi connectivity index (χ2n) is 5.56. The monoisotopic (exact) mass is 285 g/mol. The second-order valence-corrected chi connectivity index (χ2v) is 5.56. The van der Waals surface area contributed by atoms with Crippen LogP contribution in [0.3, 0.4) is 0 Å². The maximum absolute atomic E-state index is 12.4. The fourth-order valence-corrected chi connectivity index (χ4v) is 2.71. The van der Waals surface area contributed by atoms with Crippen molar-refractivity contribution in [2.75, 3.05) is 13.1 Å². The lowest BCUT2D eigenvalue weighted by Gasteiger charge is -2.35. The van der Waals surface area contributed by atoms with Crippen molar-refractivity contribution >= 4 is 5.91 Å². The highest BCUT2D eigenvalue weighted by molar-refractivity contribution is 5.96. The van der Waals surface area contributed by atoms with Gasteiger partial charge in [-0.2, -0.15) is 0 Å². The molecule has 0 aromatic carbocycles. The molecule has 5 heteroatoms. The number of rotatable bonds is 3. The first-order chi connectivity index (χ1) is 10.1. The topological polar surface area (TPSA) is 58.4 Å². The van der Waals surface area contributed by atoms with E-state index in [1.807, 2.05) is 38.1 Å². The minimum absolute atomic E-state index is 0.000621. The number of aryl methyl sites for hydroxylation is 1. The van der Waals surface area contributed by atoms with Gasteiger partial charge in [-0.15, -0.1) is 0 Å². The van der Waals surface area contributed by atoms with E-state index in [9.17, 15) is 9.90 Å². The second kappa shape index (κ2) is 5.33. The first-order valence-corrected chi connectivity index (χ1v) is 7.10. The molecule has 0 radical (unpaired) electrons. The molecule has 0 atom stereocenters. The van der Waals surface area contributed by atoms with Crippen LogP contribution in [0.1, 0.15) is 27.4 Å². The van der Waals surface area contributed by atoms with E-state index in [1.54, 1.807) is 11.1 Å². The van der Waals surface area contributed by atoms with E-state index in [1.165, 1.54) is 0 Å². The number of hydrogen-bond acceptors (Lipinski definition) is 3. The predicted octanol–water partition coefficient (Wildman–Crippen LogP) is 1.36. The quantitative estimate of drug-likeness (QED) is 0.926. The Labute approximate surface area is 123 Å². The summed E-state index contributed by atoms with van der Waals surface area (Å²) in [6.45, 7) is 5.48. The van der Waals surface area contributed by atoms with Gasteiger partial charge in [0.1, 0.15) is 0 Å². The molecule has 3 heterocycles. The Morgan fingerprint density at radius 3 is 2.76 bits per heavy atom. The summed E-state index contributed by atoms with van der Waals surface area (Å²) in [7, 11) is 0. The van der Waals surface area contributed by atoms with E-state index in [-0.39, 0.29) is 12.0 Å². The number of aliphatic hydroxyl groups excluding tert-OH is 1. The van der Waals surface area contributed by atoms with Crippen LogP contribution in [-0.2, 0) is 6.54 Å². The molecule has 110 valence electrons. The number of aromatic nitrogens is 2. The van der Waals surface area contributed by atoms with E-state index in [2.05, 4.69) is 9.55 Å². The zero-order chi connectivity index (χ0) is 15.0. The van der Waals surface area contributed by atoms with E-state index in [4.69, 9.17) is 0 Å². The zero-order valence-electron chi connectivity index (χ0n) is 12.3. The third-order valence-electron chi connectivity index (χ3n) is 4.00. The van der Waals surface area contributed by atoms with Crippen molar-refractivity contribution in [3.8, 4) is 0 Å². The molecule has 1 N–H and O–H groups in total. The summed E-state index contributed by atoms with van der Waals surface area (Å²) in [4.78, 5) is 18.4. The van der Waals surface area contributed by atoms with E-state index >= 15 is 0 Å². The molecule has 2 aromatic rings. The van der Waals surface area contributed by atoms with E-state index in [0.29, 0.717) is 19.6 Å². The number of hydrogen-bond donors (Lipinski definition) is 1. The maximum atomic E-state index is 12.4. The number of pyridine rings is 1. The van der Waals surface area contributed by atoms with Crippen molar-refractivity contribution in [1.82, 2.24) is 14.5 Å². The molecule has 0 saturated carbocycles. The smallest absolute Gasteiger partial charge is 0.255 e. The highest BCUT2D eigenvalue weighted by atomic mass is 16.3. The first-order valence-electron chi connectivity index (χ1n) is 7.10. The normalized spacial score (nSPS) is 15.1. The van der Waals surface area contributed by atoms with Crippen molar-refractivity contribution in [3.05, 3.63) is 53.1 Å². The number of amides is 1. The van der Waals surface area contributed by atoms with Crippen LogP contribution < -0.4 is 0 Å². The minimum atomic E-state index is -0.369. The minimum Gasteiger partial charge on any atom is -0.389 e. The van der Waals surface area contributed by atoms with Crippen LogP contribution in [-0.4, -0.2) is 44.7 Å². The van der Waals surface area contributed by atoms with Gasteiger partial charge >= 0.3 is 0 Å². The van der Waals surface area contributed by atoms with Crippen LogP contribution in [0.5, 0.6) is 0 Å². The number of likely N-dealkylation sites (tertiary alicyclic amines) is 1. The number of carbonyl (C=O) groups excluding carboxylic acids is 1. The summed E-state index contributed by atoms with van der Waals surface area (Å²) in [5.41, 5.74) is 3.68. The van der Waals surface area contributed by atoms with Gasteiger partial charge in [0.25, 0.3) is 5.91 Å². The lowest BCUT2D eigenvalue weighted by atomic mass is 10.1. The molecule has 0 unspecified atom stereocenters. The Morgan fingerprint density at radius 2 is 2.14 bits per heavy atom. The van der Waals surface area contributed by atoms with Gasteiger partial charge < -0.3 is 14.6 Å². The Bertz CT molecular complexity index is 658. The Kier molecular flexibility index (Phi) is 3.51. The average Bonchev–Trinajstić information content (AvgIpc) is 2.72. The lowest BCUT2D eigenvalue weighted by Crippen LogP contribution is -2.53. The number of nitrogens with zero attached hydrogens (tertiary/aromatic N) is 3. The number of carbonyl (C=O) groups is 1. The van der Waals surface area contributed by atoms with Gasteiger partial charge in [-0.3, -0.25) is 9.78 Å². The summed E-state index contributed by atoms with van der Waals surface area (Å²) in [5.74, 6) is 0.000621. The fraction of sp³-hybridized carbons (Fsp3) is 0.375. The lowest BCUT2D eigenvalue weighted by molar-refractivity contribution is 0.00583. The van der Waals surface area contributed by atoms with Gasteiger partial charge in [0.2, 0.25) is 0 Å². The van der Waals surface area contributed by atoms with E-state index < -0.39 is 0 Å². The van der Waals surface area contributed by atoms with Crippen LogP contribution in [0.25, 0.3) is 0 Å². The molecule has 1 saturated heterocycles. The van der Waals surface area contributed by atoms with Gasteiger partial charge in [-0.05, 0) is 32.0 Å². The fourth-order valence-electron chi connectivity index (χ4n) is 2.71. The highest BCUT2D eigenvalue weighted by Gasteiger charge is 2.31. The van der Waals surface area contributed by atoms with Crippen molar-refractivity contribution in [2.45, 2.75) is 26.5 Å². The first kappa shape index (κ1) is 13.8. The third-order valence-corrected chi connectivity index (χ3v) is 4.00. The summed E-state index contributed by atoms with van der Waals surface area (Å²) < 4.78 is 2.10. The molecule has 1 fully saturated rings. The predicted molar refractivity (Wildman–Crippen MR) is 79.2 cm³/mol. The third kappa shape index (κ3) is 2.56. The van der Waals surface area contributed by atoms with Crippen molar-refractivity contribution < 1.29 is 9.90 Å². The van der Waals surface area contributed by atoms with Crippen LogP contribution in [0.2, 0.25) is 0 Å². The standard InChI is InChI=1S/C16H19N3O2/c1-11-7-15(16(21)18-9-14(20)10-18)12(2)19(11)8-13-5-3-4-6-17-13/h3-7,14,20H,8-10H2,1-2H3. The average molecular weight is 285 g/mol. The van der Waals surface area contributed by atoms with Gasteiger partial charge in [0, 0.05) is 30.7 Å². The highest BCUT2D eigenvalue weighted by Crippen LogP contribution is 2.21. The maximum Gasteiger partial charge on any atom is 0.255 e. The summed E-state index contributed by atoms with van der Waals surface area (Å²) >= 11 is 0. The van der Waals surface area contributed by atoms with Gasteiger partial charge in [0.15, 0.2) is 0 Å². The van der Waals surface area contributed by atoms with Gasteiger partial charge in [-0.25, -0.2) is 0 Å². The van der Waals surface area contributed by atoms with Gasteiger partial charge in [0.05, 0.1) is 23.9 Å². The van der Waals surface area contributed by atoms with Crippen LogP contribution >= 0.6 is 0 Å². The van der Waals surface area contributed by atoms with Gasteiger partial charge in [-0.1, -0.05) is 6.07 Å². The molecule has 1 aliphatic heterocycles. The Balaban J connectivity index is 1.84.